The van der Waals surface area contributed by atoms with E-state index < -0.39 is 0 Å². The predicted molar refractivity (Wildman–Crippen MR) is 138 cm³/mol. The molecule has 0 unspecified atom stereocenters. The molecule has 182 valence electrons. The summed E-state index contributed by atoms with van der Waals surface area (Å²) in [7, 11) is 2.05. The monoisotopic (exact) mass is 490 g/mol. The van der Waals surface area contributed by atoms with Crippen LogP contribution in [-0.4, -0.2) is 49.9 Å². The van der Waals surface area contributed by atoms with Gasteiger partial charge in [-0.25, -0.2) is 4.98 Å². The molecule has 0 N–H and O–H groups in total. The van der Waals surface area contributed by atoms with E-state index in [1.807, 2.05) is 35.0 Å². The third-order valence-corrected chi connectivity index (χ3v) is 6.37. The molecule has 2 heterocycles. The Bertz CT molecular complexity index is 1210. The molecule has 35 heavy (non-hydrogen) atoms. The van der Waals surface area contributed by atoms with Gasteiger partial charge in [0.1, 0.15) is 12.1 Å². The number of nitrogens with zero attached hydrogens (tertiary/aromatic N) is 6. The summed E-state index contributed by atoms with van der Waals surface area (Å²) >= 11 is 1.39. The Morgan fingerprint density at radius 3 is 2.34 bits per heavy atom. The quantitative estimate of drug-likeness (QED) is 0.227. The largest absolute Gasteiger partial charge is 0.427 e. The van der Waals surface area contributed by atoms with Crippen molar-refractivity contribution in [3.8, 4) is 11.7 Å². The van der Waals surface area contributed by atoms with E-state index in [9.17, 15) is 4.79 Å². The lowest BCUT2D eigenvalue weighted by molar-refractivity contribution is -0.131. The Morgan fingerprint density at radius 2 is 1.71 bits per heavy atom. The first-order chi connectivity index (χ1) is 17.0. The summed E-state index contributed by atoms with van der Waals surface area (Å²) in [5, 5.41) is 0.889. The fourth-order valence-corrected chi connectivity index (χ4v) is 4.38. The second-order valence-electron chi connectivity index (χ2n) is 8.56. The summed E-state index contributed by atoms with van der Waals surface area (Å²) in [5.41, 5.74) is 3.72. The Morgan fingerprint density at radius 1 is 1.03 bits per heavy atom. The number of aryl methyl sites for hydroxylation is 1. The average Bonchev–Trinajstić information content (AvgIpc) is 3.53. The van der Waals surface area contributed by atoms with Crippen LogP contribution in [0.5, 0.6) is 5.75 Å². The summed E-state index contributed by atoms with van der Waals surface area (Å²) in [6.45, 7) is 6.98. The van der Waals surface area contributed by atoms with Crippen LogP contribution in [0.15, 0.2) is 67.3 Å². The normalized spacial score (nSPS) is 11.1. The van der Waals surface area contributed by atoms with Gasteiger partial charge >= 0.3 is 5.97 Å². The van der Waals surface area contributed by atoms with Crippen molar-refractivity contribution in [1.29, 1.82) is 0 Å². The van der Waals surface area contributed by atoms with Gasteiger partial charge in [0.15, 0.2) is 0 Å². The number of ether oxygens (including phenoxy) is 1. The molecule has 0 aliphatic carbocycles. The highest BCUT2D eigenvalue weighted by Crippen LogP contribution is 2.19. The van der Waals surface area contributed by atoms with Crippen LogP contribution >= 0.6 is 11.5 Å². The molecule has 0 amide bonds. The van der Waals surface area contributed by atoms with Gasteiger partial charge in [-0.2, -0.15) is 9.36 Å². The number of hydrogen-bond acceptors (Lipinski definition) is 8. The number of imidazole rings is 1. The predicted octanol–water partition coefficient (Wildman–Crippen LogP) is 4.49. The average molecular weight is 491 g/mol. The lowest BCUT2D eigenvalue weighted by atomic mass is 10.1. The third-order valence-electron chi connectivity index (χ3n) is 5.55. The van der Waals surface area contributed by atoms with E-state index in [1.54, 1.807) is 12.5 Å². The van der Waals surface area contributed by atoms with E-state index >= 15 is 0 Å². The summed E-state index contributed by atoms with van der Waals surface area (Å²) in [6.07, 6.45) is 6.24. The van der Waals surface area contributed by atoms with Gasteiger partial charge in [0.05, 0.1) is 0 Å². The molecule has 0 radical (unpaired) electrons. The minimum atomic E-state index is -0.310. The molecule has 9 heteroatoms. The summed E-state index contributed by atoms with van der Waals surface area (Å²) < 4.78 is 11.4. The van der Waals surface area contributed by atoms with Gasteiger partial charge in [0, 0.05) is 64.1 Å². The number of carbonyl (C=O) groups is 1. The topological polar surface area (TPSA) is 76.4 Å². The number of hydrogen-bond donors (Lipinski definition) is 0. The molecule has 0 saturated carbocycles. The summed E-state index contributed by atoms with van der Waals surface area (Å²) in [5.74, 6) is 0.906. The molecule has 0 fully saturated rings. The molecule has 0 aliphatic rings. The second-order valence-corrected chi connectivity index (χ2v) is 9.29. The Hall–Kier alpha value is -3.56. The fraction of sp³-hybridized carbons (Fsp3) is 0.308. The molecule has 0 saturated heterocycles. The maximum Gasteiger partial charge on any atom is 0.308 e. The molecule has 2 aromatic carbocycles. The molecule has 4 aromatic rings. The zero-order valence-corrected chi connectivity index (χ0v) is 21.1. The van der Waals surface area contributed by atoms with Gasteiger partial charge in [-0.15, -0.1) is 0 Å². The first-order valence-corrected chi connectivity index (χ1v) is 12.3. The van der Waals surface area contributed by atoms with E-state index in [4.69, 9.17) is 4.74 Å². The molecule has 0 spiro atoms. The molecule has 0 atom stereocenters. The van der Waals surface area contributed by atoms with E-state index in [-0.39, 0.29) is 5.97 Å². The molecular weight excluding hydrogens is 460 g/mol. The van der Waals surface area contributed by atoms with Crippen molar-refractivity contribution in [2.45, 2.75) is 33.4 Å². The van der Waals surface area contributed by atoms with Crippen LogP contribution in [0, 0.1) is 6.92 Å². The van der Waals surface area contributed by atoms with Crippen molar-refractivity contribution >= 4 is 22.6 Å². The fourth-order valence-electron chi connectivity index (χ4n) is 3.73. The standard InChI is InChI=1S/C26H30N6O2S/c1-20-5-7-22(8-6-20)17-31(18-23-9-11-24(12-10-23)34-21(2)33)15-4-14-30(3)26-28-25(29-35-26)32-16-13-27-19-32/h5-13,16,19H,4,14-15,17-18H2,1-3H3. The highest BCUT2D eigenvalue weighted by molar-refractivity contribution is 7.09. The zero-order valence-electron chi connectivity index (χ0n) is 20.3. The minimum absolute atomic E-state index is 0.310. The maximum absolute atomic E-state index is 11.2. The van der Waals surface area contributed by atoms with Gasteiger partial charge in [-0.1, -0.05) is 42.0 Å². The van der Waals surface area contributed by atoms with Crippen molar-refractivity contribution < 1.29 is 9.53 Å². The van der Waals surface area contributed by atoms with E-state index in [0.29, 0.717) is 11.7 Å². The number of benzene rings is 2. The maximum atomic E-state index is 11.2. The van der Waals surface area contributed by atoms with Crippen LogP contribution in [-0.2, 0) is 17.9 Å². The highest BCUT2D eigenvalue weighted by Gasteiger charge is 2.12. The lowest BCUT2D eigenvalue weighted by Crippen LogP contribution is -2.28. The number of carbonyl (C=O) groups excluding carboxylic acids is 1. The Kier molecular flexibility index (Phi) is 8.23. The van der Waals surface area contributed by atoms with Crippen molar-refractivity contribution in [3.05, 3.63) is 83.9 Å². The van der Waals surface area contributed by atoms with Crippen molar-refractivity contribution in [1.82, 2.24) is 23.8 Å². The molecule has 4 rings (SSSR count). The van der Waals surface area contributed by atoms with Gasteiger partial charge in [0.25, 0.3) is 0 Å². The van der Waals surface area contributed by atoms with Gasteiger partial charge in [-0.3, -0.25) is 14.3 Å². The van der Waals surface area contributed by atoms with Crippen molar-refractivity contribution in [2.24, 2.45) is 0 Å². The van der Waals surface area contributed by atoms with Crippen LogP contribution in [0.2, 0.25) is 0 Å². The van der Waals surface area contributed by atoms with Gasteiger partial charge in [0.2, 0.25) is 11.1 Å². The summed E-state index contributed by atoms with van der Waals surface area (Å²) in [4.78, 5) is 24.5. The highest BCUT2D eigenvalue weighted by atomic mass is 32.1. The molecular formula is C26H30N6O2S. The minimum Gasteiger partial charge on any atom is -0.427 e. The Balaban J connectivity index is 1.37. The van der Waals surface area contributed by atoms with Crippen LogP contribution in [0.1, 0.15) is 30.0 Å². The van der Waals surface area contributed by atoms with Crippen LogP contribution in [0.3, 0.4) is 0 Å². The first kappa shape index (κ1) is 24.6. The molecule has 0 aliphatic heterocycles. The van der Waals surface area contributed by atoms with Crippen LogP contribution < -0.4 is 9.64 Å². The molecule has 2 aromatic heterocycles. The number of aromatic nitrogens is 4. The number of anilines is 1. The van der Waals surface area contributed by atoms with E-state index in [2.05, 4.69) is 62.4 Å². The smallest absolute Gasteiger partial charge is 0.308 e. The SMILES string of the molecule is CC(=O)Oc1ccc(CN(CCCN(C)c2nc(-n3ccnc3)ns2)Cc2ccc(C)cc2)cc1. The van der Waals surface area contributed by atoms with E-state index in [0.717, 1.165) is 37.7 Å². The molecule has 8 nitrogen and oxygen atoms in total. The number of rotatable bonds is 11. The third kappa shape index (κ3) is 7.21. The lowest BCUT2D eigenvalue weighted by Gasteiger charge is -2.24. The van der Waals surface area contributed by atoms with Crippen LogP contribution in [0.25, 0.3) is 5.95 Å². The van der Waals surface area contributed by atoms with Crippen molar-refractivity contribution in [2.75, 3.05) is 25.0 Å². The van der Waals surface area contributed by atoms with Crippen LogP contribution in [0.4, 0.5) is 5.13 Å². The van der Waals surface area contributed by atoms with Crippen molar-refractivity contribution in [3.63, 3.8) is 0 Å². The first-order valence-electron chi connectivity index (χ1n) is 11.5. The Labute approximate surface area is 210 Å². The number of esters is 1. The van der Waals surface area contributed by atoms with E-state index in [1.165, 1.54) is 35.1 Å². The second kappa shape index (κ2) is 11.7. The van der Waals surface area contributed by atoms with Gasteiger partial charge < -0.3 is 9.64 Å². The summed E-state index contributed by atoms with van der Waals surface area (Å²) in [6, 6.07) is 16.4. The van der Waals surface area contributed by atoms with Gasteiger partial charge in [-0.05, 0) is 36.6 Å². The zero-order chi connectivity index (χ0) is 24.6. The molecule has 0 bridgehead atoms.